The molecule has 1 atom stereocenters. The van der Waals surface area contributed by atoms with Crippen LogP contribution >= 0.6 is 0 Å². The van der Waals surface area contributed by atoms with Crippen LogP contribution < -0.4 is 0 Å². The normalized spacial score (nSPS) is 18.0. The van der Waals surface area contributed by atoms with Gasteiger partial charge >= 0.3 is 0 Å². The van der Waals surface area contributed by atoms with Gasteiger partial charge in [0.25, 0.3) is 0 Å². The number of carbonyl (C=O) groups excluding carboxylic acids is 1. The van der Waals surface area contributed by atoms with Crippen LogP contribution in [-0.2, 0) is 17.6 Å². The second kappa shape index (κ2) is 7.36. The summed E-state index contributed by atoms with van der Waals surface area (Å²) < 4.78 is 13.2. The minimum absolute atomic E-state index is 0.0893. The summed E-state index contributed by atoms with van der Waals surface area (Å²) in [6.45, 7) is 1.58. The van der Waals surface area contributed by atoms with Gasteiger partial charge in [-0.25, -0.2) is 4.39 Å². The highest BCUT2D eigenvalue weighted by Crippen LogP contribution is 2.21. The third-order valence-corrected chi connectivity index (χ3v) is 4.36. The third-order valence-electron chi connectivity index (χ3n) is 4.36. The molecule has 1 amide bonds. The average Bonchev–Trinajstić information content (AvgIpc) is 2.56. The molecule has 2 heterocycles. The Hall–Kier alpha value is -2.23. The van der Waals surface area contributed by atoms with Gasteiger partial charge in [0.05, 0.1) is 6.42 Å². The monoisotopic (exact) mass is 312 g/mol. The van der Waals surface area contributed by atoms with E-state index in [2.05, 4.69) is 11.1 Å². The highest BCUT2D eigenvalue weighted by atomic mass is 19.1. The molecule has 1 aromatic carbocycles. The molecule has 2 aromatic rings. The Morgan fingerprint density at radius 3 is 2.91 bits per heavy atom. The van der Waals surface area contributed by atoms with E-state index in [9.17, 15) is 9.18 Å². The summed E-state index contributed by atoms with van der Waals surface area (Å²) in [5.41, 5.74) is 1.96. The lowest BCUT2D eigenvalue weighted by molar-refractivity contribution is -0.132. The molecule has 0 bridgehead atoms. The second-order valence-corrected chi connectivity index (χ2v) is 6.22. The van der Waals surface area contributed by atoms with Crippen molar-refractivity contribution in [3.8, 4) is 0 Å². The molecule has 0 spiro atoms. The summed E-state index contributed by atoms with van der Waals surface area (Å²) in [5, 5.41) is 0. The van der Waals surface area contributed by atoms with Crippen molar-refractivity contribution < 1.29 is 9.18 Å². The average molecular weight is 312 g/mol. The number of benzene rings is 1. The maximum Gasteiger partial charge on any atom is 0.227 e. The zero-order valence-corrected chi connectivity index (χ0v) is 13.1. The minimum Gasteiger partial charge on any atom is -0.342 e. The molecule has 1 saturated heterocycles. The van der Waals surface area contributed by atoms with Crippen LogP contribution in [0.1, 0.15) is 24.0 Å². The number of likely N-dealkylation sites (tertiary alicyclic amines) is 1. The molecule has 23 heavy (non-hydrogen) atoms. The summed E-state index contributed by atoms with van der Waals surface area (Å²) in [6, 6.07) is 10.3. The zero-order chi connectivity index (χ0) is 16.1. The van der Waals surface area contributed by atoms with Crippen molar-refractivity contribution in [3.63, 3.8) is 0 Å². The van der Waals surface area contributed by atoms with Crippen LogP contribution in [-0.4, -0.2) is 28.9 Å². The van der Waals surface area contributed by atoms with Gasteiger partial charge in [-0.05, 0) is 54.5 Å². The number of rotatable bonds is 4. The molecule has 3 rings (SSSR count). The van der Waals surface area contributed by atoms with Gasteiger partial charge in [-0.1, -0.05) is 18.2 Å². The molecular weight excluding hydrogens is 291 g/mol. The summed E-state index contributed by atoms with van der Waals surface area (Å²) in [5.74, 6) is 0.277. The van der Waals surface area contributed by atoms with Crippen LogP contribution in [0.3, 0.4) is 0 Å². The maximum atomic E-state index is 13.2. The number of hydrogen-bond acceptors (Lipinski definition) is 2. The molecule has 0 saturated carbocycles. The van der Waals surface area contributed by atoms with Gasteiger partial charge in [0, 0.05) is 25.5 Å². The van der Waals surface area contributed by atoms with Crippen LogP contribution in [0.4, 0.5) is 4.39 Å². The van der Waals surface area contributed by atoms with E-state index in [1.807, 2.05) is 17.2 Å². The number of halogens is 1. The lowest BCUT2D eigenvalue weighted by Gasteiger charge is -2.33. The third kappa shape index (κ3) is 4.38. The highest BCUT2D eigenvalue weighted by molar-refractivity contribution is 5.78. The lowest BCUT2D eigenvalue weighted by atomic mass is 9.91. The van der Waals surface area contributed by atoms with E-state index in [1.165, 1.54) is 17.7 Å². The van der Waals surface area contributed by atoms with Crippen LogP contribution in [0.5, 0.6) is 0 Å². The SMILES string of the molecule is O=C(Cc1cccc(F)c1)N1CCC[C@H](Cc2cccnc2)C1. The zero-order valence-electron chi connectivity index (χ0n) is 13.1. The topological polar surface area (TPSA) is 33.2 Å². The van der Waals surface area contributed by atoms with E-state index in [0.29, 0.717) is 5.92 Å². The minimum atomic E-state index is -0.289. The Balaban J connectivity index is 1.58. The summed E-state index contributed by atoms with van der Waals surface area (Å²) in [4.78, 5) is 18.5. The second-order valence-electron chi connectivity index (χ2n) is 6.22. The van der Waals surface area contributed by atoms with Gasteiger partial charge in [-0.3, -0.25) is 9.78 Å². The molecule has 1 aliphatic heterocycles. The van der Waals surface area contributed by atoms with Gasteiger partial charge in [-0.15, -0.1) is 0 Å². The Morgan fingerprint density at radius 2 is 2.13 bits per heavy atom. The van der Waals surface area contributed by atoms with E-state index in [4.69, 9.17) is 0 Å². The van der Waals surface area contributed by atoms with E-state index in [1.54, 1.807) is 18.3 Å². The molecule has 1 aliphatic rings. The van der Waals surface area contributed by atoms with Crippen molar-refractivity contribution in [3.05, 3.63) is 65.7 Å². The molecule has 0 aliphatic carbocycles. The van der Waals surface area contributed by atoms with Crippen molar-refractivity contribution >= 4 is 5.91 Å². The Morgan fingerprint density at radius 1 is 1.26 bits per heavy atom. The van der Waals surface area contributed by atoms with Crippen molar-refractivity contribution in [2.45, 2.75) is 25.7 Å². The molecule has 0 radical (unpaired) electrons. The van der Waals surface area contributed by atoms with E-state index < -0.39 is 0 Å². The lowest BCUT2D eigenvalue weighted by Crippen LogP contribution is -2.41. The molecule has 1 fully saturated rings. The van der Waals surface area contributed by atoms with Gasteiger partial charge in [0.2, 0.25) is 5.91 Å². The van der Waals surface area contributed by atoms with Crippen LogP contribution in [0, 0.1) is 11.7 Å². The number of hydrogen-bond donors (Lipinski definition) is 0. The smallest absolute Gasteiger partial charge is 0.227 e. The number of pyridine rings is 1. The highest BCUT2D eigenvalue weighted by Gasteiger charge is 2.23. The molecular formula is C19H21FN2O. The van der Waals surface area contributed by atoms with Crippen LogP contribution in [0.15, 0.2) is 48.8 Å². The maximum absolute atomic E-state index is 13.2. The Bertz CT molecular complexity index is 659. The van der Waals surface area contributed by atoms with Gasteiger partial charge in [-0.2, -0.15) is 0 Å². The summed E-state index contributed by atoms with van der Waals surface area (Å²) in [7, 11) is 0. The molecule has 120 valence electrons. The van der Waals surface area contributed by atoms with Crippen molar-refractivity contribution in [2.24, 2.45) is 5.92 Å². The largest absolute Gasteiger partial charge is 0.342 e. The van der Waals surface area contributed by atoms with E-state index in [0.717, 1.165) is 37.9 Å². The molecule has 0 unspecified atom stereocenters. The predicted molar refractivity (Wildman–Crippen MR) is 87.3 cm³/mol. The Kier molecular flexibility index (Phi) is 5.01. The fourth-order valence-corrected chi connectivity index (χ4v) is 3.24. The molecule has 0 N–H and O–H groups in total. The fraction of sp³-hybridized carbons (Fsp3) is 0.368. The number of piperidine rings is 1. The van der Waals surface area contributed by atoms with Crippen LogP contribution in [0.25, 0.3) is 0 Å². The summed E-state index contributed by atoms with van der Waals surface area (Å²) >= 11 is 0. The first-order valence-corrected chi connectivity index (χ1v) is 8.12. The molecule has 1 aromatic heterocycles. The van der Waals surface area contributed by atoms with Gasteiger partial charge in [0.1, 0.15) is 5.82 Å². The van der Waals surface area contributed by atoms with Crippen molar-refractivity contribution in [1.29, 1.82) is 0 Å². The predicted octanol–water partition coefficient (Wildman–Crippen LogP) is 3.24. The fourth-order valence-electron chi connectivity index (χ4n) is 3.24. The quantitative estimate of drug-likeness (QED) is 0.868. The first-order chi connectivity index (χ1) is 11.2. The summed E-state index contributed by atoms with van der Waals surface area (Å²) in [6.07, 6.45) is 7.07. The first-order valence-electron chi connectivity index (χ1n) is 8.12. The number of aromatic nitrogens is 1. The number of carbonyl (C=O) groups is 1. The van der Waals surface area contributed by atoms with E-state index >= 15 is 0 Å². The van der Waals surface area contributed by atoms with Crippen molar-refractivity contribution in [1.82, 2.24) is 9.88 Å². The number of nitrogens with zero attached hydrogens (tertiary/aromatic N) is 2. The standard InChI is InChI=1S/C19H21FN2O/c20-18-7-1-4-15(11-18)12-19(23)22-9-3-6-17(14-22)10-16-5-2-8-21-13-16/h1-2,4-5,7-8,11,13,17H,3,6,9-10,12,14H2/t17-/m1/s1. The van der Waals surface area contributed by atoms with Gasteiger partial charge < -0.3 is 4.90 Å². The molecule has 3 nitrogen and oxygen atoms in total. The first kappa shape index (κ1) is 15.7. The van der Waals surface area contributed by atoms with Crippen LogP contribution in [0.2, 0.25) is 0 Å². The molecule has 4 heteroatoms. The number of amides is 1. The van der Waals surface area contributed by atoms with Crippen molar-refractivity contribution in [2.75, 3.05) is 13.1 Å². The Labute approximate surface area is 136 Å². The van der Waals surface area contributed by atoms with Gasteiger partial charge in [0.15, 0.2) is 0 Å². The van der Waals surface area contributed by atoms with E-state index in [-0.39, 0.29) is 18.1 Å².